The maximum Gasteiger partial charge on any atom is 0.281 e. The van der Waals surface area contributed by atoms with Crippen LogP contribution in [0.5, 0.6) is 0 Å². The molecule has 0 spiro atoms. The maximum absolute atomic E-state index is 11.5. The van der Waals surface area contributed by atoms with Gasteiger partial charge < -0.3 is 0 Å². The Morgan fingerprint density at radius 2 is 2.31 bits per heavy atom. The summed E-state index contributed by atoms with van der Waals surface area (Å²) in [6, 6.07) is 1.74. The quantitative estimate of drug-likeness (QED) is 0.817. The summed E-state index contributed by atoms with van der Waals surface area (Å²) in [5.41, 5.74) is 0.821. The summed E-state index contributed by atoms with van der Waals surface area (Å²) >= 11 is 3.22. The highest BCUT2D eigenvalue weighted by Crippen LogP contribution is 2.03. The van der Waals surface area contributed by atoms with Gasteiger partial charge in [0.1, 0.15) is 0 Å². The van der Waals surface area contributed by atoms with E-state index in [9.17, 15) is 4.79 Å². The third kappa shape index (κ3) is 2.66. The van der Waals surface area contributed by atoms with Gasteiger partial charge in [-0.3, -0.25) is 4.79 Å². The molecule has 0 saturated carbocycles. The van der Waals surface area contributed by atoms with Gasteiger partial charge in [0, 0.05) is 6.54 Å². The summed E-state index contributed by atoms with van der Waals surface area (Å²) in [6.45, 7) is 4.68. The van der Waals surface area contributed by atoms with Crippen molar-refractivity contribution >= 4 is 15.9 Å². The molecule has 0 radical (unpaired) electrons. The molecule has 0 atom stereocenters. The van der Waals surface area contributed by atoms with Crippen LogP contribution in [0, 0.1) is 6.92 Å². The molecule has 0 fully saturated rings. The van der Waals surface area contributed by atoms with Crippen molar-refractivity contribution in [3.8, 4) is 0 Å². The van der Waals surface area contributed by atoms with E-state index >= 15 is 0 Å². The van der Waals surface area contributed by atoms with Crippen molar-refractivity contribution in [3.63, 3.8) is 0 Å². The van der Waals surface area contributed by atoms with Crippen LogP contribution in [-0.4, -0.2) is 9.78 Å². The van der Waals surface area contributed by atoms with Crippen molar-refractivity contribution in [2.45, 2.75) is 33.2 Å². The van der Waals surface area contributed by atoms with E-state index in [2.05, 4.69) is 28.0 Å². The van der Waals surface area contributed by atoms with Crippen LogP contribution in [0.3, 0.4) is 0 Å². The summed E-state index contributed by atoms with van der Waals surface area (Å²) < 4.78 is 2.11. The Bertz CT molecular complexity index is 346. The number of aryl methyl sites for hydroxylation is 2. The van der Waals surface area contributed by atoms with E-state index in [-0.39, 0.29) is 5.56 Å². The predicted octanol–water partition coefficient (Wildman–Crippen LogP) is 2.11. The summed E-state index contributed by atoms with van der Waals surface area (Å²) in [6.07, 6.45) is 2.06. The largest absolute Gasteiger partial charge is 0.281 e. The number of hydrogen-bond acceptors (Lipinski definition) is 2. The molecule has 0 unspecified atom stereocenters. The van der Waals surface area contributed by atoms with Gasteiger partial charge in [-0.05, 0) is 35.3 Å². The molecular formula is C9H13BrN2O. The van der Waals surface area contributed by atoms with Crippen molar-refractivity contribution in [2.75, 3.05) is 0 Å². The molecule has 4 heteroatoms. The molecule has 0 aliphatic heterocycles. The first-order valence-corrected chi connectivity index (χ1v) is 5.18. The summed E-state index contributed by atoms with van der Waals surface area (Å²) in [5.74, 6) is 0. The smallest absolute Gasteiger partial charge is 0.267 e. The molecule has 0 aromatic carbocycles. The van der Waals surface area contributed by atoms with Gasteiger partial charge in [-0.1, -0.05) is 13.3 Å². The van der Waals surface area contributed by atoms with Gasteiger partial charge >= 0.3 is 0 Å². The van der Waals surface area contributed by atoms with E-state index in [1.165, 1.54) is 4.68 Å². The molecule has 1 aromatic heterocycles. The first-order valence-electron chi connectivity index (χ1n) is 4.39. The van der Waals surface area contributed by atoms with E-state index in [0.29, 0.717) is 11.0 Å². The summed E-state index contributed by atoms with van der Waals surface area (Å²) in [5, 5.41) is 4.15. The third-order valence-electron chi connectivity index (χ3n) is 1.78. The molecule has 0 amide bonds. The van der Waals surface area contributed by atoms with Crippen LogP contribution in [0.2, 0.25) is 0 Å². The van der Waals surface area contributed by atoms with Crippen LogP contribution >= 0.6 is 15.9 Å². The second-order valence-electron chi connectivity index (χ2n) is 3.02. The number of aromatic nitrogens is 2. The van der Waals surface area contributed by atoms with E-state index in [0.717, 1.165) is 18.5 Å². The molecule has 1 heterocycles. The maximum atomic E-state index is 11.5. The highest BCUT2D eigenvalue weighted by Gasteiger charge is 2.02. The van der Waals surface area contributed by atoms with Gasteiger partial charge in [-0.15, -0.1) is 0 Å². The van der Waals surface area contributed by atoms with Crippen molar-refractivity contribution in [2.24, 2.45) is 0 Å². The average Bonchev–Trinajstić information content (AvgIpc) is 2.09. The van der Waals surface area contributed by atoms with Gasteiger partial charge in [0.25, 0.3) is 5.56 Å². The van der Waals surface area contributed by atoms with Crippen LogP contribution in [0.25, 0.3) is 0 Å². The summed E-state index contributed by atoms with van der Waals surface area (Å²) in [4.78, 5) is 11.5. The zero-order valence-corrected chi connectivity index (χ0v) is 9.47. The molecule has 72 valence electrons. The second kappa shape index (κ2) is 4.56. The molecule has 0 aliphatic rings. The average molecular weight is 245 g/mol. The predicted molar refractivity (Wildman–Crippen MR) is 55.8 cm³/mol. The molecule has 3 nitrogen and oxygen atoms in total. The van der Waals surface area contributed by atoms with E-state index in [4.69, 9.17) is 0 Å². The minimum Gasteiger partial charge on any atom is -0.267 e. The van der Waals surface area contributed by atoms with Gasteiger partial charge in [0.15, 0.2) is 0 Å². The van der Waals surface area contributed by atoms with Gasteiger partial charge in [0.2, 0.25) is 0 Å². The normalized spacial score (nSPS) is 10.4. The fourth-order valence-corrected chi connectivity index (χ4v) is 1.63. The van der Waals surface area contributed by atoms with Crippen molar-refractivity contribution in [1.82, 2.24) is 9.78 Å². The van der Waals surface area contributed by atoms with Crippen LogP contribution in [0.1, 0.15) is 25.5 Å². The number of halogens is 1. The Morgan fingerprint density at radius 1 is 1.62 bits per heavy atom. The lowest BCUT2D eigenvalue weighted by Gasteiger charge is -2.04. The standard InChI is InChI=1S/C9H13BrN2O/c1-3-4-5-12-9(13)8(10)6-7(2)11-12/h6H,3-5H2,1-2H3. The van der Waals surface area contributed by atoms with E-state index in [1.807, 2.05) is 6.92 Å². The monoisotopic (exact) mass is 244 g/mol. The van der Waals surface area contributed by atoms with Gasteiger partial charge in [-0.2, -0.15) is 5.10 Å². The molecule has 0 bridgehead atoms. The zero-order chi connectivity index (χ0) is 9.84. The van der Waals surface area contributed by atoms with Crippen molar-refractivity contribution in [3.05, 3.63) is 26.6 Å². The molecule has 1 rings (SSSR count). The highest BCUT2D eigenvalue weighted by atomic mass is 79.9. The van der Waals surface area contributed by atoms with Crippen molar-refractivity contribution < 1.29 is 0 Å². The zero-order valence-electron chi connectivity index (χ0n) is 7.88. The first kappa shape index (κ1) is 10.4. The Labute approximate surface area is 85.9 Å². The number of rotatable bonds is 3. The van der Waals surface area contributed by atoms with Crippen LogP contribution in [0.4, 0.5) is 0 Å². The first-order chi connectivity index (χ1) is 6.15. The fourth-order valence-electron chi connectivity index (χ4n) is 1.09. The number of unbranched alkanes of at least 4 members (excludes halogenated alkanes) is 1. The number of hydrogen-bond donors (Lipinski definition) is 0. The molecule has 1 aromatic rings. The molecule has 0 N–H and O–H groups in total. The lowest BCUT2D eigenvalue weighted by molar-refractivity contribution is 0.535. The highest BCUT2D eigenvalue weighted by molar-refractivity contribution is 9.10. The molecular weight excluding hydrogens is 232 g/mol. The van der Waals surface area contributed by atoms with Crippen LogP contribution < -0.4 is 5.56 Å². The number of nitrogens with zero attached hydrogens (tertiary/aromatic N) is 2. The third-order valence-corrected chi connectivity index (χ3v) is 2.34. The van der Waals surface area contributed by atoms with E-state index in [1.54, 1.807) is 6.07 Å². The van der Waals surface area contributed by atoms with E-state index < -0.39 is 0 Å². The van der Waals surface area contributed by atoms with Crippen LogP contribution in [-0.2, 0) is 6.54 Å². The lowest BCUT2D eigenvalue weighted by atomic mass is 10.3. The Kier molecular flexibility index (Phi) is 3.66. The fraction of sp³-hybridized carbons (Fsp3) is 0.556. The molecule has 13 heavy (non-hydrogen) atoms. The Morgan fingerprint density at radius 3 is 2.92 bits per heavy atom. The minimum atomic E-state index is -0.0425. The van der Waals surface area contributed by atoms with Gasteiger partial charge in [-0.25, -0.2) is 4.68 Å². The van der Waals surface area contributed by atoms with Crippen molar-refractivity contribution in [1.29, 1.82) is 0 Å². The minimum absolute atomic E-state index is 0.0425. The SMILES string of the molecule is CCCCn1nc(C)cc(Br)c1=O. The Hall–Kier alpha value is -0.640. The Balaban J connectivity index is 2.99. The molecule has 0 aliphatic carbocycles. The van der Waals surface area contributed by atoms with Gasteiger partial charge in [0.05, 0.1) is 10.2 Å². The van der Waals surface area contributed by atoms with Crippen LogP contribution in [0.15, 0.2) is 15.3 Å². The molecule has 0 saturated heterocycles. The second-order valence-corrected chi connectivity index (χ2v) is 3.87. The summed E-state index contributed by atoms with van der Waals surface area (Å²) in [7, 11) is 0. The lowest BCUT2D eigenvalue weighted by Crippen LogP contribution is -2.24. The topological polar surface area (TPSA) is 34.9 Å².